The molecular weight excluding hydrogens is 330 g/mol. The summed E-state index contributed by atoms with van der Waals surface area (Å²) in [6.45, 7) is 4.39. The second kappa shape index (κ2) is 9.13. The van der Waals surface area contributed by atoms with E-state index in [1.807, 2.05) is 7.05 Å². The van der Waals surface area contributed by atoms with Crippen LogP contribution in [0.2, 0.25) is 0 Å². The Morgan fingerprint density at radius 2 is 1.96 bits per heavy atom. The summed E-state index contributed by atoms with van der Waals surface area (Å²) in [5, 5.41) is 5.29. The Labute approximate surface area is 154 Å². The van der Waals surface area contributed by atoms with E-state index < -0.39 is 0 Å². The molecule has 134 valence electrons. The molecule has 5 heteroatoms. The van der Waals surface area contributed by atoms with E-state index in [0.29, 0.717) is 12.6 Å². The Hall–Kier alpha value is -1.69. The highest BCUT2D eigenvalue weighted by Crippen LogP contribution is 2.14. The standard InChI is InChI=1S/C20H27N3OS/c1-22(15-19-8-5-13-25-19)16-20(24)21-18-9-11-23(12-10-18)14-17-6-3-2-4-7-17/h2-8,13,18H,9-12,14-16H2,1H3,(H,21,24). The fourth-order valence-corrected chi connectivity index (χ4v) is 4.10. The Bertz CT molecular complexity index is 636. The number of amides is 1. The van der Waals surface area contributed by atoms with E-state index >= 15 is 0 Å². The quantitative estimate of drug-likeness (QED) is 0.827. The van der Waals surface area contributed by atoms with Gasteiger partial charge in [-0.15, -0.1) is 11.3 Å². The van der Waals surface area contributed by atoms with Crippen molar-refractivity contribution in [3.63, 3.8) is 0 Å². The van der Waals surface area contributed by atoms with E-state index in [1.165, 1.54) is 10.4 Å². The number of thiophene rings is 1. The van der Waals surface area contributed by atoms with Gasteiger partial charge in [-0.05, 0) is 36.9 Å². The zero-order chi connectivity index (χ0) is 17.5. The van der Waals surface area contributed by atoms with Crippen LogP contribution in [0.3, 0.4) is 0 Å². The van der Waals surface area contributed by atoms with Gasteiger partial charge in [0.15, 0.2) is 0 Å². The summed E-state index contributed by atoms with van der Waals surface area (Å²) in [5.74, 6) is 0.139. The highest BCUT2D eigenvalue weighted by atomic mass is 32.1. The second-order valence-corrected chi connectivity index (χ2v) is 7.89. The molecule has 1 aromatic heterocycles. The summed E-state index contributed by atoms with van der Waals surface area (Å²) in [5.41, 5.74) is 1.36. The molecule has 0 spiro atoms. The van der Waals surface area contributed by atoms with Crippen LogP contribution in [0.4, 0.5) is 0 Å². The maximum absolute atomic E-state index is 12.3. The Balaban J connectivity index is 1.36. The molecular formula is C20H27N3OS. The third-order valence-electron chi connectivity index (χ3n) is 4.62. The summed E-state index contributed by atoms with van der Waals surface area (Å²) in [6, 6.07) is 15.1. The maximum Gasteiger partial charge on any atom is 0.234 e. The molecule has 1 aromatic carbocycles. The van der Waals surface area contributed by atoms with Gasteiger partial charge in [-0.25, -0.2) is 0 Å². The molecule has 0 saturated carbocycles. The van der Waals surface area contributed by atoms with Crippen molar-refractivity contribution in [2.24, 2.45) is 0 Å². The summed E-state index contributed by atoms with van der Waals surface area (Å²) in [4.78, 5) is 18.1. The first-order chi connectivity index (χ1) is 12.2. The number of carbonyl (C=O) groups excluding carboxylic acids is 1. The first-order valence-corrected chi connectivity index (χ1v) is 9.83. The summed E-state index contributed by atoms with van der Waals surface area (Å²) < 4.78 is 0. The van der Waals surface area contributed by atoms with E-state index in [2.05, 4.69) is 63.0 Å². The van der Waals surface area contributed by atoms with Crippen LogP contribution in [0.1, 0.15) is 23.3 Å². The number of nitrogens with zero attached hydrogens (tertiary/aromatic N) is 2. The van der Waals surface area contributed by atoms with Crippen molar-refractivity contribution in [2.75, 3.05) is 26.7 Å². The second-order valence-electron chi connectivity index (χ2n) is 6.86. The zero-order valence-electron chi connectivity index (χ0n) is 14.9. The highest BCUT2D eigenvalue weighted by Gasteiger charge is 2.21. The van der Waals surface area contributed by atoms with Crippen molar-refractivity contribution in [1.82, 2.24) is 15.1 Å². The lowest BCUT2D eigenvalue weighted by Crippen LogP contribution is -2.46. The molecule has 1 saturated heterocycles. The van der Waals surface area contributed by atoms with Gasteiger partial charge in [0, 0.05) is 37.1 Å². The average Bonchev–Trinajstić information content (AvgIpc) is 3.10. The molecule has 0 unspecified atom stereocenters. The Morgan fingerprint density at radius 3 is 2.64 bits per heavy atom. The largest absolute Gasteiger partial charge is 0.352 e. The number of nitrogens with one attached hydrogen (secondary N) is 1. The molecule has 0 radical (unpaired) electrons. The molecule has 2 heterocycles. The van der Waals surface area contributed by atoms with Crippen molar-refractivity contribution in [3.05, 3.63) is 58.3 Å². The number of likely N-dealkylation sites (tertiary alicyclic amines) is 1. The Kier molecular flexibility index (Phi) is 6.62. The van der Waals surface area contributed by atoms with Crippen LogP contribution in [0.5, 0.6) is 0 Å². The van der Waals surface area contributed by atoms with Crippen LogP contribution in [-0.4, -0.2) is 48.4 Å². The summed E-state index contributed by atoms with van der Waals surface area (Å²) in [6.07, 6.45) is 2.07. The zero-order valence-corrected chi connectivity index (χ0v) is 15.7. The third-order valence-corrected chi connectivity index (χ3v) is 5.48. The Morgan fingerprint density at radius 1 is 1.20 bits per heavy atom. The molecule has 1 fully saturated rings. The van der Waals surface area contributed by atoms with Gasteiger partial charge < -0.3 is 5.32 Å². The predicted octanol–water partition coefficient (Wildman–Crippen LogP) is 2.96. The fourth-order valence-electron chi connectivity index (χ4n) is 3.32. The van der Waals surface area contributed by atoms with Crippen molar-refractivity contribution < 1.29 is 4.79 Å². The van der Waals surface area contributed by atoms with Crippen LogP contribution in [0.25, 0.3) is 0 Å². The van der Waals surface area contributed by atoms with Crippen molar-refractivity contribution in [3.8, 4) is 0 Å². The first kappa shape index (κ1) is 18.1. The van der Waals surface area contributed by atoms with Gasteiger partial charge in [0.1, 0.15) is 0 Å². The molecule has 0 aliphatic carbocycles. The predicted molar refractivity (Wildman–Crippen MR) is 104 cm³/mol. The van der Waals surface area contributed by atoms with Crippen molar-refractivity contribution in [1.29, 1.82) is 0 Å². The summed E-state index contributed by atoms with van der Waals surface area (Å²) >= 11 is 1.74. The first-order valence-electron chi connectivity index (χ1n) is 8.95. The van der Waals surface area contributed by atoms with E-state index in [9.17, 15) is 4.79 Å². The minimum absolute atomic E-state index is 0.139. The van der Waals surface area contributed by atoms with Crippen LogP contribution < -0.4 is 5.32 Å². The number of hydrogen-bond acceptors (Lipinski definition) is 4. The van der Waals surface area contributed by atoms with Crippen LogP contribution in [0, 0.1) is 0 Å². The van der Waals surface area contributed by atoms with Crippen LogP contribution >= 0.6 is 11.3 Å². The molecule has 0 atom stereocenters. The van der Waals surface area contributed by atoms with E-state index in [-0.39, 0.29) is 5.91 Å². The van der Waals surface area contributed by atoms with Crippen molar-refractivity contribution in [2.45, 2.75) is 32.0 Å². The summed E-state index contributed by atoms with van der Waals surface area (Å²) in [7, 11) is 2.00. The van der Waals surface area contributed by atoms with Crippen molar-refractivity contribution >= 4 is 17.2 Å². The smallest absolute Gasteiger partial charge is 0.234 e. The van der Waals surface area contributed by atoms with Gasteiger partial charge in [0.25, 0.3) is 0 Å². The highest BCUT2D eigenvalue weighted by molar-refractivity contribution is 7.09. The van der Waals surface area contributed by atoms with Gasteiger partial charge in [-0.3, -0.25) is 14.6 Å². The normalized spacial score (nSPS) is 16.2. The van der Waals surface area contributed by atoms with Gasteiger partial charge in [0.05, 0.1) is 6.54 Å². The van der Waals surface area contributed by atoms with E-state index in [4.69, 9.17) is 0 Å². The number of likely N-dealkylation sites (N-methyl/N-ethyl adjacent to an activating group) is 1. The minimum atomic E-state index is 0.139. The van der Waals surface area contributed by atoms with Gasteiger partial charge in [-0.2, -0.15) is 0 Å². The molecule has 25 heavy (non-hydrogen) atoms. The van der Waals surface area contributed by atoms with Gasteiger partial charge >= 0.3 is 0 Å². The van der Waals surface area contributed by atoms with Gasteiger partial charge in [-0.1, -0.05) is 36.4 Å². The third kappa shape index (κ3) is 5.96. The fraction of sp³-hybridized carbons (Fsp3) is 0.450. The lowest BCUT2D eigenvalue weighted by Gasteiger charge is -2.32. The number of benzene rings is 1. The number of carbonyl (C=O) groups is 1. The molecule has 3 rings (SSSR count). The monoisotopic (exact) mass is 357 g/mol. The molecule has 4 nitrogen and oxygen atoms in total. The number of piperidine rings is 1. The van der Waals surface area contributed by atoms with Gasteiger partial charge in [0.2, 0.25) is 5.91 Å². The molecule has 2 aromatic rings. The van der Waals surface area contributed by atoms with Crippen LogP contribution in [-0.2, 0) is 17.9 Å². The molecule has 1 N–H and O–H groups in total. The molecule has 1 aliphatic heterocycles. The SMILES string of the molecule is CN(CC(=O)NC1CCN(Cc2ccccc2)CC1)Cc1cccs1. The van der Waals surface area contributed by atoms with Crippen LogP contribution in [0.15, 0.2) is 47.8 Å². The number of hydrogen-bond donors (Lipinski definition) is 1. The molecule has 1 aliphatic rings. The average molecular weight is 358 g/mol. The van der Waals surface area contributed by atoms with E-state index in [1.54, 1.807) is 11.3 Å². The lowest BCUT2D eigenvalue weighted by atomic mass is 10.0. The molecule has 0 bridgehead atoms. The topological polar surface area (TPSA) is 35.6 Å². The minimum Gasteiger partial charge on any atom is -0.352 e. The number of rotatable bonds is 7. The maximum atomic E-state index is 12.3. The van der Waals surface area contributed by atoms with E-state index in [0.717, 1.165) is 39.0 Å². The molecule has 1 amide bonds. The lowest BCUT2D eigenvalue weighted by molar-refractivity contribution is -0.123.